The number of aliphatic carboxylic acids is 1. The summed E-state index contributed by atoms with van der Waals surface area (Å²) < 4.78 is 0. The van der Waals surface area contributed by atoms with Crippen molar-refractivity contribution in [2.75, 3.05) is 12.3 Å². The van der Waals surface area contributed by atoms with E-state index in [1.165, 1.54) is 0 Å². The summed E-state index contributed by atoms with van der Waals surface area (Å²) in [7, 11) is 0. The quantitative estimate of drug-likeness (QED) is 0.545. The minimum atomic E-state index is -0.997. The maximum absolute atomic E-state index is 11.7. The standard InChI is InChI=1S/C13H17N3O4/c1-8(6-12(18)19)16-11(17)7-15-13(20)9-2-4-10(14)5-3-9/h2-5,8H,6-7,14H2,1H3,(H,15,20)(H,16,17)(H,18,19). The second-order valence-electron chi connectivity index (χ2n) is 4.37. The Morgan fingerprint density at radius 2 is 1.85 bits per heavy atom. The Labute approximate surface area is 116 Å². The third-order valence-corrected chi connectivity index (χ3v) is 2.47. The molecular weight excluding hydrogens is 262 g/mol. The van der Waals surface area contributed by atoms with E-state index < -0.39 is 23.8 Å². The Balaban J connectivity index is 2.39. The van der Waals surface area contributed by atoms with E-state index in [4.69, 9.17) is 10.8 Å². The van der Waals surface area contributed by atoms with E-state index in [0.29, 0.717) is 11.3 Å². The van der Waals surface area contributed by atoms with Crippen molar-refractivity contribution in [1.29, 1.82) is 0 Å². The van der Waals surface area contributed by atoms with Gasteiger partial charge in [-0.3, -0.25) is 14.4 Å². The van der Waals surface area contributed by atoms with Gasteiger partial charge in [-0.25, -0.2) is 0 Å². The molecule has 1 aromatic carbocycles. The topological polar surface area (TPSA) is 122 Å². The van der Waals surface area contributed by atoms with E-state index in [1.807, 2.05) is 0 Å². The number of carboxylic acids is 1. The highest BCUT2D eigenvalue weighted by Crippen LogP contribution is 2.04. The molecule has 0 aromatic heterocycles. The smallest absolute Gasteiger partial charge is 0.305 e. The van der Waals surface area contributed by atoms with Crippen molar-refractivity contribution in [3.63, 3.8) is 0 Å². The third kappa shape index (κ3) is 5.38. The number of carboxylic acid groups (broad SMARTS) is 1. The molecule has 7 nitrogen and oxygen atoms in total. The Hall–Kier alpha value is -2.57. The molecule has 7 heteroatoms. The minimum absolute atomic E-state index is 0.169. The van der Waals surface area contributed by atoms with Gasteiger partial charge in [-0.1, -0.05) is 0 Å². The van der Waals surface area contributed by atoms with Crippen molar-refractivity contribution in [2.24, 2.45) is 0 Å². The fourth-order valence-electron chi connectivity index (χ4n) is 1.54. The number of hydrogen-bond acceptors (Lipinski definition) is 4. The molecule has 0 saturated heterocycles. The molecule has 0 fully saturated rings. The van der Waals surface area contributed by atoms with E-state index in [9.17, 15) is 14.4 Å². The van der Waals surface area contributed by atoms with Gasteiger partial charge >= 0.3 is 5.97 Å². The van der Waals surface area contributed by atoms with Crippen molar-refractivity contribution < 1.29 is 19.5 Å². The summed E-state index contributed by atoms with van der Waals surface area (Å²) in [6, 6.07) is 5.78. The summed E-state index contributed by atoms with van der Waals surface area (Å²) in [5.74, 6) is -1.84. The molecule has 0 aliphatic carbocycles. The zero-order chi connectivity index (χ0) is 15.1. The molecule has 20 heavy (non-hydrogen) atoms. The van der Waals surface area contributed by atoms with E-state index in [2.05, 4.69) is 10.6 Å². The van der Waals surface area contributed by atoms with E-state index in [-0.39, 0.29) is 13.0 Å². The second-order valence-corrected chi connectivity index (χ2v) is 4.37. The van der Waals surface area contributed by atoms with Crippen LogP contribution in [0.4, 0.5) is 5.69 Å². The fourth-order valence-corrected chi connectivity index (χ4v) is 1.54. The predicted molar refractivity (Wildman–Crippen MR) is 73.0 cm³/mol. The van der Waals surface area contributed by atoms with Crippen LogP contribution in [-0.2, 0) is 9.59 Å². The van der Waals surface area contributed by atoms with Gasteiger partial charge in [0.15, 0.2) is 0 Å². The molecule has 108 valence electrons. The SMILES string of the molecule is CC(CC(=O)O)NC(=O)CNC(=O)c1ccc(N)cc1. The normalized spacial score (nSPS) is 11.4. The molecule has 0 aliphatic rings. The number of nitrogens with one attached hydrogen (secondary N) is 2. The molecule has 1 aromatic rings. The summed E-state index contributed by atoms with van der Waals surface area (Å²) in [6.07, 6.45) is -0.169. The number of anilines is 1. The summed E-state index contributed by atoms with van der Waals surface area (Å²) in [5, 5.41) is 13.5. The van der Waals surface area contributed by atoms with Crippen molar-refractivity contribution in [1.82, 2.24) is 10.6 Å². The lowest BCUT2D eigenvalue weighted by Gasteiger charge is -2.12. The molecule has 0 bridgehead atoms. The van der Waals surface area contributed by atoms with Crippen molar-refractivity contribution >= 4 is 23.5 Å². The molecule has 0 spiro atoms. The molecule has 1 unspecified atom stereocenters. The lowest BCUT2D eigenvalue weighted by molar-refractivity contribution is -0.137. The van der Waals surface area contributed by atoms with Crippen LogP contribution in [-0.4, -0.2) is 35.5 Å². The van der Waals surface area contributed by atoms with Gasteiger partial charge in [0.05, 0.1) is 13.0 Å². The molecule has 0 radical (unpaired) electrons. The predicted octanol–water partition coefficient (Wildman–Crippen LogP) is -0.0220. The number of nitrogen functional groups attached to an aromatic ring is 1. The van der Waals surface area contributed by atoms with Crippen LogP contribution in [0.3, 0.4) is 0 Å². The molecule has 5 N–H and O–H groups in total. The number of nitrogens with two attached hydrogens (primary N) is 1. The van der Waals surface area contributed by atoms with Crippen LogP contribution in [0.1, 0.15) is 23.7 Å². The number of benzene rings is 1. The number of carbonyl (C=O) groups excluding carboxylic acids is 2. The number of hydrogen-bond donors (Lipinski definition) is 4. The van der Waals surface area contributed by atoms with E-state index >= 15 is 0 Å². The summed E-state index contributed by atoms with van der Waals surface area (Å²) in [5.41, 5.74) is 6.44. The zero-order valence-electron chi connectivity index (χ0n) is 11.1. The van der Waals surface area contributed by atoms with Gasteiger partial charge in [-0.2, -0.15) is 0 Å². The van der Waals surface area contributed by atoms with Crippen LogP contribution in [0.2, 0.25) is 0 Å². The van der Waals surface area contributed by atoms with Crippen LogP contribution in [0.25, 0.3) is 0 Å². The minimum Gasteiger partial charge on any atom is -0.481 e. The lowest BCUT2D eigenvalue weighted by atomic mass is 10.2. The first-order valence-electron chi connectivity index (χ1n) is 6.03. The highest BCUT2D eigenvalue weighted by atomic mass is 16.4. The molecule has 0 aliphatic heterocycles. The number of rotatable bonds is 6. The Morgan fingerprint density at radius 3 is 2.40 bits per heavy atom. The van der Waals surface area contributed by atoms with Gasteiger partial charge in [-0.05, 0) is 31.2 Å². The zero-order valence-corrected chi connectivity index (χ0v) is 11.1. The highest BCUT2D eigenvalue weighted by molar-refractivity contribution is 5.96. The van der Waals surface area contributed by atoms with Crippen LogP contribution in [0, 0.1) is 0 Å². The van der Waals surface area contributed by atoms with Crippen molar-refractivity contribution in [2.45, 2.75) is 19.4 Å². The first-order chi connectivity index (χ1) is 9.38. The highest BCUT2D eigenvalue weighted by Gasteiger charge is 2.12. The Kier molecular flexibility index (Phi) is 5.52. The van der Waals surface area contributed by atoms with Crippen LogP contribution in [0.5, 0.6) is 0 Å². The van der Waals surface area contributed by atoms with Gasteiger partial charge in [-0.15, -0.1) is 0 Å². The first-order valence-corrected chi connectivity index (χ1v) is 6.03. The lowest BCUT2D eigenvalue weighted by Crippen LogP contribution is -2.41. The summed E-state index contributed by atoms with van der Waals surface area (Å²) in [6.45, 7) is 1.36. The number of amides is 2. The molecule has 1 atom stereocenters. The average molecular weight is 279 g/mol. The van der Waals surface area contributed by atoms with Crippen molar-refractivity contribution in [3.8, 4) is 0 Å². The fraction of sp³-hybridized carbons (Fsp3) is 0.308. The van der Waals surface area contributed by atoms with Gasteiger partial charge < -0.3 is 21.5 Å². The Bertz CT molecular complexity index is 499. The second kappa shape index (κ2) is 7.13. The first kappa shape index (κ1) is 15.5. The molecular formula is C13H17N3O4. The largest absolute Gasteiger partial charge is 0.481 e. The molecule has 1 rings (SSSR count). The monoisotopic (exact) mass is 279 g/mol. The molecule has 2 amide bonds. The number of carbonyl (C=O) groups is 3. The van der Waals surface area contributed by atoms with Crippen LogP contribution < -0.4 is 16.4 Å². The van der Waals surface area contributed by atoms with Crippen molar-refractivity contribution in [3.05, 3.63) is 29.8 Å². The molecule has 0 heterocycles. The van der Waals surface area contributed by atoms with Crippen LogP contribution in [0.15, 0.2) is 24.3 Å². The van der Waals surface area contributed by atoms with E-state index in [0.717, 1.165) is 0 Å². The van der Waals surface area contributed by atoms with Gasteiger partial charge in [0.25, 0.3) is 5.91 Å². The molecule has 0 saturated carbocycles. The van der Waals surface area contributed by atoms with Crippen LogP contribution >= 0.6 is 0 Å². The Morgan fingerprint density at radius 1 is 1.25 bits per heavy atom. The third-order valence-electron chi connectivity index (χ3n) is 2.47. The van der Waals surface area contributed by atoms with E-state index in [1.54, 1.807) is 31.2 Å². The van der Waals surface area contributed by atoms with Gasteiger partial charge in [0, 0.05) is 17.3 Å². The average Bonchev–Trinajstić information content (AvgIpc) is 2.35. The summed E-state index contributed by atoms with van der Waals surface area (Å²) in [4.78, 5) is 33.6. The maximum atomic E-state index is 11.7. The maximum Gasteiger partial charge on any atom is 0.305 e. The summed E-state index contributed by atoms with van der Waals surface area (Å²) >= 11 is 0. The van der Waals surface area contributed by atoms with Gasteiger partial charge in [0.2, 0.25) is 5.91 Å². The van der Waals surface area contributed by atoms with Gasteiger partial charge in [0.1, 0.15) is 0 Å².